The van der Waals surface area contributed by atoms with E-state index in [-0.39, 0.29) is 19.4 Å². The number of piperidine rings is 2. The fraction of sp³-hybridized carbons (Fsp3) is 0.857. The molecule has 0 radical (unpaired) electrons. The van der Waals surface area contributed by atoms with Gasteiger partial charge < -0.3 is 14.9 Å². The van der Waals surface area contributed by atoms with Gasteiger partial charge in [-0.25, -0.2) is 9.59 Å². The van der Waals surface area contributed by atoms with Crippen molar-refractivity contribution >= 4 is 22.4 Å². The molecule has 0 unspecified atom stereocenters. The van der Waals surface area contributed by atoms with E-state index >= 15 is 0 Å². The van der Waals surface area contributed by atoms with Crippen molar-refractivity contribution in [3.63, 3.8) is 0 Å². The molecule has 10 nitrogen and oxygen atoms in total. The van der Waals surface area contributed by atoms with Crippen molar-refractivity contribution in [3.8, 4) is 0 Å². The number of urea groups is 1. The predicted molar refractivity (Wildman–Crippen MR) is 84.9 cm³/mol. The topological polar surface area (TPSA) is 128 Å². The average molecular weight is 377 g/mol. The van der Waals surface area contributed by atoms with E-state index < -0.39 is 34.0 Å². The highest BCUT2D eigenvalue weighted by atomic mass is 32.3. The zero-order valence-electron chi connectivity index (χ0n) is 13.8. The van der Waals surface area contributed by atoms with Crippen LogP contribution in [0.25, 0.3) is 0 Å². The van der Waals surface area contributed by atoms with Gasteiger partial charge in [0.05, 0.1) is 6.04 Å². The van der Waals surface area contributed by atoms with Gasteiger partial charge in [-0.05, 0) is 45.2 Å². The number of carbonyl (C=O) groups excluding carboxylic acids is 1. The summed E-state index contributed by atoms with van der Waals surface area (Å²) >= 11 is 0. The number of hydrogen-bond donors (Lipinski definition) is 2. The zero-order valence-corrected chi connectivity index (χ0v) is 14.7. The Morgan fingerprint density at radius 3 is 2.56 bits per heavy atom. The van der Waals surface area contributed by atoms with Gasteiger partial charge in [-0.3, -0.25) is 4.55 Å². The van der Waals surface area contributed by atoms with E-state index in [1.54, 1.807) is 0 Å². The van der Waals surface area contributed by atoms with Crippen LogP contribution in [0.1, 0.15) is 38.5 Å². The van der Waals surface area contributed by atoms with E-state index in [0.717, 1.165) is 25.9 Å². The summed E-state index contributed by atoms with van der Waals surface area (Å²) in [5.41, 5.74) is -1.37. The van der Waals surface area contributed by atoms with Crippen molar-refractivity contribution in [1.29, 1.82) is 0 Å². The molecule has 3 saturated heterocycles. The van der Waals surface area contributed by atoms with Crippen LogP contribution in [0.4, 0.5) is 4.79 Å². The number of carbonyl (C=O) groups is 2. The number of likely N-dealkylation sites (tertiary alicyclic amines) is 1. The maximum atomic E-state index is 12.5. The number of amides is 2. The molecule has 0 aliphatic carbocycles. The fourth-order valence-corrected chi connectivity index (χ4v) is 4.44. The molecule has 0 spiro atoms. The first kappa shape index (κ1) is 18.4. The molecule has 142 valence electrons. The van der Waals surface area contributed by atoms with Crippen molar-refractivity contribution in [2.45, 2.75) is 50.1 Å². The summed E-state index contributed by atoms with van der Waals surface area (Å²) in [7, 11) is -4.84. The highest BCUT2D eigenvalue weighted by molar-refractivity contribution is 7.80. The summed E-state index contributed by atoms with van der Waals surface area (Å²) in [5.74, 6) is -1.09. The molecule has 0 aromatic rings. The van der Waals surface area contributed by atoms with Crippen molar-refractivity contribution < 1.29 is 31.9 Å². The lowest BCUT2D eigenvalue weighted by molar-refractivity contribution is -0.151. The number of hydrogen-bond acceptors (Lipinski definition) is 6. The smallest absolute Gasteiger partial charge is 0.418 e. The predicted octanol–water partition coefficient (Wildman–Crippen LogP) is 0.320. The van der Waals surface area contributed by atoms with Gasteiger partial charge in [0.15, 0.2) is 0 Å². The second-order valence-electron chi connectivity index (χ2n) is 6.90. The van der Waals surface area contributed by atoms with E-state index in [1.165, 1.54) is 11.3 Å². The molecular weight excluding hydrogens is 354 g/mol. The van der Waals surface area contributed by atoms with E-state index in [2.05, 4.69) is 9.18 Å². The Hall–Kier alpha value is -1.43. The molecule has 0 aromatic heterocycles. The van der Waals surface area contributed by atoms with Crippen LogP contribution >= 0.6 is 0 Å². The molecule has 3 rings (SSSR count). The Balaban J connectivity index is 1.76. The van der Waals surface area contributed by atoms with Gasteiger partial charge in [0.2, 0.25) is 0 Å². The van der Waals surface area contributed by atoms with Gasteiger partial charge in [0.1, 0.15) is 5.54 Å². The van der Waals surface area contributed by atoms with Gasteiger partial charge in [-0.2, -0.15) is 13.5 Å². The zero-order chi connectivity index (χ0) is 18.2. The maximum absolute atomic E-state index is 12.5. The van der Waals surface area contributed by atoms with Crippen LogP contribution in [0.3, 0.4) is 0 Å². The first-order chi connectivity index (χ1) is 11.7. The lowest BCUT2D eigenvalue weighted by Gasteiger charge is -2.41. The molecule has 3 heterocycles. The lowest BCUT2D eigenvalue weighted by Crippen LogP contribution is -2.58. The summed E-state index contributed by atoms with van der Waals surface area (Å²) in [6, 6.07) is -1.42. The largest absolute Gasteiger partial charge is 0.479 e. The van der Waals surface area contributed by atoms with Gasteiger partial charge >= 0.3 is 22.4 Å². The molecular formula is C14H23N3O7S. The van der Waals surface area contributed by atoms with Gasteiger partial charge in [-0.1, -0.05) is 6.42 Å². The molecule has 2 amide bonds. The van der Waals surface area contributed by atoms with Crippen LogP contribution in [-0.2, 0) is 19.5 Å². The van der Waals surface area contributed by atoms with E-state index in [9.17, 15) is 23.1 Å². The quantitative estimate of drug-likeness (QED) is 0.634. The SMILES string of the molecule is O=C1N(OS(=O)(=O)O)[C@@H]2CC[C@](CCN3CCCCC3)(C(=O)O)N1C2. The summed E-state index contributed by atoms with van der Waals surface area (Å²) in [6.07, 6.45) is 4.14. The summed E-state index contributed by atoms with van der Waals surface area (Å²) in [6.45, 7) is 2.48. The van der Waals surface area contributed by atoms with Gasteiger partial charge in [-0.15, -0.1) is 4.28 Å². The van der Waals surface area contributed by atoms with E-state index in [1.807, 2.05) is 0 Å². The summed E-state index contributed by atoms with van der Waals surface area (Å²) < 4.78 is 35.1. The third-order valence-electron chi connectivity index (χ3n) is 5.42. The molecule has 25 heavy (non-hydrogen) atoms. The minimum atomic E-state index is -4.84. The van der Waals surface area contributed by atoms with Crippen molar-refractivity contribution in [3.05, 3.63) is 0 Å². The second-order valence-corrected chi connectivity index (χ2v) is 7.91. The minimum absolute atomic E-state index is 0.0701. The molecule has 3 aliphatic heterocycles. The molecule has 11 heteroatoms. The van der Waals surface area contributed by atoms with Crippen molar-refractivity contribution in [2.24, 2.45) is 0 Å². The maximum Gasteiger partial charge on any atom is 0.418 e. The van der Waals surface area contributed by atoms with Crippen molar-refractivity contribution in [2.75, 3.05) is 26.2 Å². The van der Waals surface area contributed by atoms with Crippen LogP contribution < -0.4 is 0 Å². The number of carboxylic acid groups (broad SMARTS) is 1. The highest BCUT2D eigenvalue weighted by Crippen LogP contribution is 2.40. The number of fused-ring (bicyclic) bond motifs is 2. The average Bonchev–Trinajstić information content (AvgIpc) is 2.80. The first-order valence-electron chi connectivity index (χ1n) is 8.46. The number of aliphatic carboxylic acids is 1. The monoisotopic (exact) mass is 377 g/mol. The molecule has 2 atom stereocenters. The number of rotatable bonds is 6. The summed E-state index contributed by atoms with van der Waals surface area (Å²) in [4.78, 5) is 27.9. The van der Waals surface area contributed by atoms with Crippen LogP contribution in [0.5, 0.6) is 0 Å². The molecule has 3 fully saturated rings. The van der Waals surface area contributed by atoms with E-state index in [4.69, 9.17) is 4.55 Å². The third kappa shape index (κ3) is 3.59. The van der Waals surface area contributed by atoms with Crippen LogP contribution in [-0.4, -0.2) is 82.7 Å². The molecule has 0 saturated carbocycles. The fourth-order valence-electron chi connectivity index (χ4n) is 4.05. The Labute approximate surface area is 146 Å². The molecule has 2 bridgehead atoms. The Morgan fingerprint density at radius 1 is 1.28 bits per heavy atom. The standard InChI is InChI=1S/C14H23N3O7S/c18-12(19)14(6-9-15-7-2-1-3-8-15)5-4-11-10-16(14)13(20)17(11)24-25(21,22)23/h11H,1-10H2,(H,18,19)(H,21,22,23)/t11-,14+/m1/s1. The third-order valence-corrected chi connectivity index (χ3v) is 5.76. The van der Waals surface area contributed by atoms with Gasteiger partial charge in [0, 0.05) is 13.1 Å². The van der Waals surface area contributed by atoms with Crippen LogP contribution in [0.15, 0.2) is 0 Å². The molecule has 2 N–H and O–H groups in total. The second kappa shape index (κ2) is 6.71. The minimum Gasteiger partial charge on any atom is -0.479 e. The molecule has 0 aromatic carbocycles. The first-order valence-corrected chi connectivity index (χ1v) is 9.83. The normalized spacial score (nSPS) is 30.8. The Bertz CT molecular complexity index is 649. The van der Waals surface area contributed by atoms with Crippen LogP contribution in [0, 0.1) is 0 Å². The summed E-state index contributed by atoms with van der Waals surface area (Å²) in [5, 5.41) is 10.4. The number of nitrogens with zero attached hydrogens (tertiary/aromatic N) is 3. The van der Waals surface area contributed by atoms with Gasteiger partial charge in [0.25, 0.3) is 0 Å². The lowest BCUT2D eigenvalue weighted by atomic mass is 9.83. The number of hydroxylamine groups is 2. The van der Waals surface area contributed by atoms with Crippen LogP contribution in [0.2, 0.25) is 0 Å². The van der Waals surface area contributed by atoms with E-state index in [0.29, 0.717) is 18.0 Å². The Morgan fingerprint density at radius 2 is 1.96 bits per heavy atom. The highest BCUT2D eigenvalue weighted by Gasteiger charge is 2.58. The van der Waals surface area contributed by atoms with Crippen molar-refractivity contribution in [1.82, 2.24) is 14.9 Å². The Kier molecular flexibility index (Phi) is 4.93. The number of carboxylic acids is 1. The molecule has 3 aliphatic rings.